The van der Waals surface area contributed by atoms with Crippen molar-refractivity contribution in [1.82, 2.24) is 30.2 Å². The molecule has 184 valence electrons. The number of hydrogen-bond acceptors (Lipinski definition) is 8. The molecule has 0 fully saturated rings. The molecular weight excluding hydrogens is 450 g/mol. The third-order valence-corrected chi connectivity index (χ3v) is 5.37. The monoisotopic (exact) mass is 479 g/mol. The molecule has 3 aromatic rings. The smallest absolute Gasteiger partial charge is 0.239 e. The van der Waals surface area contributed by atoms with Crippen LogP contribution in [0, 0.1) is 6.92 Å². The van der Waals surface area contributed by atoms with Gasteiger partial charge in [-0.1, -0.05) is 6.07 Å². The summed E-state index contributed by atoms with van der Waals surface area (Å²) in [5, 5.41) is 5.77. The molecule has 4 rings (SSSR count). The molecule has 1 aliphatic heterocycles. The van der Waals surface area contributed by atoms with Crippen LogP contribution < -0.4 is 25.0 Å². The first-order valence-corrected chi connectivity index (χ1v) is 11.5. The van der Waals surface area contributed by atoms with Crippen LogP contribution in [0.4, 0.5) is 5.82 Å². The number of nitrogens with one attached hydrogen (secondary N) is 2. The Hall–Kier alpha value is -4.15. The van der Waals surface area contributed by atoms with E-state index in [2.05, 4.69) is 25.6 Å². The predicted molar refractivity (Wildman–Crippen MR) is 129 cm³/mol. The van der Waals surface area contributed by atoms with Gasteiger partial charge in [-0.05, 0) is 37.5 Å². The summed E-state index contributed by atoms with van der Waals surface area (Å²) >= 11 is 0. The van der Waals surface area contributed by atoms with E-state index in [9.17, 15) is 9.59 Å². The van der Waals surface area contributed by atoms with Crippen molar-refractivity contribution in [3.63, 3.8) is 0 Å². The summed E-state index contributed by atoms with van der Waals surface area (Å²) in [5.74, 6) is 2.38. The zero-order valence-electron chi connectivity index (χ0n) is 19.9. The van der Waals surface area contributed by atoms with E-state index in [1.165, 1.54) is 6.92 Å². The second-order valence-corrected chi connectivity index (χ2v) is 8.18. The van der Waals surface area contributed by atoms with Gasteiger partial charge in [0, 0.05) is 50.7 Å². The number of rotatable bonds is 11. The molecule has 35 heavy (non-hydrogen) atoms. The number of imidazole rings is 1. The van der Waals surface area contributed by atoms with E-state index < -0.39 is 0 Å². The number of nitrogens with zero attached hydrogens (tertiary/aromatic N) is 5. The first-order chi connectivity index (χ1) is 17.0. The first kappa shape index (κ1) is 24.0. The molecule has 0 unspecified atom stereocenters. The molecule has 0 aliphatic carbocycles. The lowest BCUT2D eigenvalue weighted by molar-refractivity contribution is -0.120. The van der Waals surface area contributed by atoms with E-state index in [0.29, 0.717) is 44.2 Å². The van der Waals surface area contributed by atoms with Crippen molar-refractivity contribution in [3.8, 4) is 17.4 Å². The Bertz CT molecular complexity index is 1170. The van der Waals surface area contributed by atoms with Crippen LogP contribution in [-0.2, 0) is 16.0 Å². The molecule has 2 aromatic heterocycles. The van der Waals surface area contributed by atoms with Crippen LogP contribution in [-0.4, -0.2) is 64.3 Å². The molecule has 2 N–H and O–H groups in total. The third-order valence-electron chi connectivity index (χ3n) is 5.37. The highest BCUT2D eigenvalue weighted by Crippen LogP contribution is 2.32. The van der Waals surface area contributed by atoms with Gasteiger partial charge < -0.3 is 25.0 Å². The number of fused-ring (bicyclic) bond motifs is 1. The van der Waals surface area contributed by atoms with Crippen molar-refractivity contribution >= 4 is 17.6 Å². The van der Waals surface area contributed by atoms with Gasteiger partial charge in [0.25, 0.3) is 0 Å². The number of hydrogen-bond donors (Lipinski definition) is 2. The second-order valence-electron chi connectivity index (χ2n) is 8.18. The summed E-state index contributed by atoms with van der Waals surface area (Å²) < 4.78 is 12.5. The molecule has 0 bridgehead atoms. The fraction of sp³-hybridized carbons (Fsp3) is 0.375. The lowest BCUT2D eigenvalue weighted by Gasteiger charge is -2.24. The van der Waals surface area contributed by atoms with Gasteiger partial charge in [-0.15, -0.1) is 0 Å². The average Bonchev–Trinajstić information content (AvgIpc) is 3.52. The standard InChI is InChI=1S/C24H29N7O4/c1-17-12-22(29-24(28-17)31-11-9-25-15-31)30(10-3-7-26-18(2)32)14-23(33)27-8-6-19-4-5-20-21(13-19)35-16-34-20/h4-5,9,11-13,15H,3,6-8,10,14,16H2,1-2H3,(H,26,32)(H,27,33). The van der Waals surface area contributed by atoms with Gasteiger partial charge in [0.1, 0.15) is 12.1 Å². The quantitative estimate of drug-likeness (QED) is 0.396. The third kappa shape index (κ3) is 6.69. The van der Waals surface area contributed by atoms with Crippen molar-refractivity contribution in [2.45, 2.75) is 26.7 Å². The fourth-order valence-corrected chi connectivity index (χ4v) is 3.67. The molecular formula is C24H29N7O4. The summed E-state index contributed by atoms with van der Waals surface area (Å²) in [4.78, 5) is 39.1. The number of aromatic nitrogens is 4. The number of ether oxygens (including phenoxy) is 2. The van der Waals surface area contributed by atoms with E-state index in [1.54, 1.807) is 23.3 Å². The van der Waals surface area contributed by atoms with Gasteiger partial charge in [0.05, 0.1) is 6.54 Å². The maximum atomic E-state index is 12.8. The molecule has 11 nitrogen and oxygen atoms in total. The van der Waals surface area contributed by atoms with Crippen LogP contribution in [0.3, 0.4) is 0 Å². The van der Waals surface area contributed by atoms with Gasteiger partial charge in [-0.3, -0.25) is 14.2 Å². The second kappa shape index (κ2) is 11.3. The molecule has 1 aromatic carbocycles. The molecule has 0 spiro atoms. The van der Waals surface area contributed by atoms with E-state index >= 15 is 0 Å². The molecule has 11 heteroatoms. The van der Waals surface area contributed by atoms with Crippen molar-refractivity contribution in [1.29, 1.82) is 0 Å². The number of carbonyl (C=O) groups is 2. The minimum absolute atomic E-state index is 0.0851. The number of carbonyl (C=O) groups excluding carboxylic acids is 2. The summed E-state index contributed by atoms with van der Waals surface area (Å²) in [6.45, 7) is 5.26. The van der Waals surface area contributed by atoms with E-state index in [-0.39, 0.29) is 25.2 Å². The lowest BCUT2D eigenvalue weighted by atomic mass is 10.1. The minimum atomic E-state index is -0.120. The van der Waals surface area contributed by atoms with Crippen molar-refractivity contribution in [3.05, 3.63) is 54.2 Å². The molecule has 2 amide bonds. The summed E-state index contributed by atoms with van der Waals surface area (Å²) in [6, 6.07) is 7.63. The van der Waals surface area contributed by atoms with Crippen LogP contribution in [0.1, 0.15) is 24.6 Å². The Morgan fingerprint density at radius 3 is 2.77 bits per heavy atom. The number of anilines is 1. The SMILES string of the molecule is CC(=O)NCCCN(CC(=O)NCCc1ccc2c(c1)OCO2)c1cc(C)nc(-n2ccnc2)n1. The van der Waals surface area contributed by atoms with E-state index in [4.69, 9.17) is 9.47 Å². The lowest BCUT2D eigenvalue weighted by Crippen LogP contribution is -2.40. The van der Waals surface area contributed by atoms with Crippen LogP contribution in [0.2, 0.25) is 0 Å². The molecule has 3 heterocycles. The summed E-state index contributed by atoms with van der Waals surface area (Å²) in [5.41, 5.74) is 1.83. The molecule has 0 saturated carbocycles. The Morgan fingerprint density at radius 2 is 1.97 bits per heavy atom. The normalized spacial score (nSPS) is 11.8. The Kier molecular flexibility index (Phi) is 7.76. The Labute approximate surface area is 203 Å². The van der Waals surface area contributed by atoms with Gasteiger partial charge in [0.15, 0.2) is 11.5 Å². The molecule has 0 atom stereocenters. The maximum absolute atomic E-state index is 12.8. The van der Waals surface area contributed by atoms with Crippen LogP contribution in [0.15, 0.2) is 43.0 Å². The molecule has 1 aliphatic rings. The number of benzene rings is 1. The fourth-order valence-electron chi connectivity index (χ4n) is 3.67. The van der Waals surface area contributed by atoms with Crippen LogP contribution in [0.5, 0.6) is 11.5 Å². The highest BCUT2D eigenvalue weighted by Gasteiger charge is 2.16. The predicted octanol–water partition coefficient (Wildman–Crippen LogP) is 1.39. The van der Waals surface area contributed by atoms with Gasteiger partial charge >= 0.3 is 0 Å². The average molecular weight is 480 g/mol. The molecule has 0 saturated heterocycles. The highest BCUT2D eigenvalue weighted by molar-refractivity contribution is 5.81. The van der Waals surface area contributed by atoms with Crippen molar-refractivity contribution in [2.24, 2.45) is 0 Å². The largest absolute Gasteiger partial charge is 0.454 e. The number of aryl methyl sites for hydroxylation is 1. The van der Waals surface area contributed by atoms with Gasteiger partial charge in [0.2, 0.25) is 24.6 Å². The highest BCUT2D eigenvalue weighted by atomic mass is 16.7. The molecule has 0 radical (unpaired) electrons. The number of amides is 2. The van der Waals surface area contributed by atoms with Gasteiger partial charge in [-0.2, -0.15) is 4.98 Å². The zero-order valence-corrected chi connectivity index (χ0v) is 19.9. The van der Waals surface area contributed by atoms with Gasteiger partial charge in [-0.25, -0.2) is 9.97 Å². The summed E-state index contributed by atoms with van der Waals surface area (Å²) in [6.07, 6.45) is 6.38. The Morgan fingerprint density at radius 1 is 1.11 bits per heavy atom. The van der Waals surface area contributed by atoms with Crippen molar-refractivity contribution < 1.29 is 19.1 Å². The van der Waals surface area contributed by atoms with Crippen molar-refractivity contribution in [2.75, 3.05) is 37.9 Å². The summed E-state index contributed by atoms with van der Waals surface area (Å²) in [7, 11) is 0. The minimum Gasteiger partial charge on any atom is -0.454 e. The van der Waals surface area contributed by atoms with Crippen LogP contribution >= 0.6 is 0 Å². The Balaban J connectivity index is 1.39. The maximum Gasteiger partial charge on any atom is 0.239 e. The first-order valence-electron chi connectivity index (χ1n) is 11.5. The zero-order chi connectivity index (χ0) is 24.6. The topological polar surface area (TPSA) is 124 Å². The van der Waals surface area contributed by atoms with E-state index in [0.717, 1.165) is 22.8 Å². The van der Waals surface area contributed by atoms with E-state index in [1.807, 2.05) is 36.1 Å². The van der Waals surface area contributed by atoms with Crippen LogP contribution in [0.25, 0.3) is 5.95 Å².